The minimum atomic E-state index is -0.808. The highest BCUT2D eigenvalue weighted by Crippen LogP contribution is 2.24. The highest BCUT2D eigenvalue weighted by Gasteiger charge is 2.35. The number of rotatable bonds is 4. The van der Waals surface area contributed by atoms with Crippen molar-refractivity contribution in [1.82, 2.24) is 4.90 Å². The van der Waals surface area contributed by atoms with Crippen LogP contribution in [0.2, 0.25) is 0 Å². The summed E-state index contributed by atoms with van der Waals surface area (Å²) in [7, 11) is 1.27. The van der Waals surface area contributed by atoms with E-state index in [4.69, 9.17) is 9.47 Å². The van der Waals surface area contributed by atoms with Crippen LogP contribution in [0.5, 0.6) is 5.75 Å². The Morgan fingerprint density at radius 2 is 1.86 bits per heavy atom. The summed E-state index contributed by atoms with van der Waals surface area (Å²) in [6, 6.07) is 11.3. The second-order valence-electron chi connectivity index (χ2n) is 6.63. The summed E-state index contributed by atoms with van der Waals surface area (Å²) >= 11 is 0. The van der Waals surface area contributed by atoms with E-state index in [2.05, 4.69) is 0 Å². The maximum Gasteiger partial charge on any atom is 0.342 e. The quantitative estimate of drug-likeness (QED) is 0.812. The van der Waals surface area contributed by atoms with Gasteiger partial charge in [-0.25, -0.2) is 9.59 Å². The van der Waals surface area contributed by atoms with Gasteiger partial charge in [-0.2, -0.15) is 0 Å². The first-order valence-corrected chi connectivity index (χ1v) is 8.81. The van der Waals surface area contributed by atoms with Crippen molar-refractivity contribution >= 4 is 17.8 Å². The van der Waals surface area contributed by atoms with Crippen LogP contribution in [0.1, 0.15) is 27.0 Å². The van der Waals surface area contributed by atoms with Crippen molar-refractivity contribution in [3.63, 3.8) is 0 Å². The molecule has 7 heteroatoms. The summed E-state index contributed by atoms with van der Waals surface area (Å²) in [5.41, 5.74) is 2.67. The summed E-state index contributed by atoms with van der Waals surface area (Å²) in [5.74, 6) is -2.05. The Bertz CT molecular complexity index is 923. The molecule has 3 rings (SSSR count). The number of esters is 2. The van der Waals surface area contributed by atoms with Gasteiger partial charge in [-0.3, -0.25) is 4.79 Å². The number of ether oxygens (including phenoxy) is 2. The van der Waals surface area contributed by atoms with Gasteiger partial charge in [0.05, 0.1) is 7.11 Å². The molecule has 0 radical (unpaired) electrons. The maximum atomic E-state index is 12.7. The molecule has 1 aliphatic heterocycles. The van der Waals surface area contributed by atoms with Crippen molar-refractivity contribution in [2.45, 2.75) is 25.9 Å². The van der Waals surface area contributed by atoms with E-state index >= 15 is 0 Å². The Morgan fingerprint density at radius 3 is 2.54 bits per heavy atom. The molecule has 1 atom stereocenters. The number of aryl methyl sites for hydroxylation is 1. The van der Waals surface area contributed by atoms with E-state index in [1.807, 2.05) is 24.3 Å². The molecule has 7 nitrogen and oxygen atoms in total. The first kappa shape index (κ1) is 19.4. The van der Waals surface area contributed by atoms with Gasteiger partial charge in [0, 0.05) is 13.0 Å². The van der Waals surface area contributed by atoms with Crippen molar-refractivity contribution in [2.75, 3.05) is 13.7 Å². The molecule has 2 aromatic rings. The fraction of sp³-hybridized carbons (Fsp3) is 0.286. The Kier molecular flexibility index (Phi) is 5.63. The number of amides is 1. The molecule has 1 N–H and O–H groups in total. The molecule has 2 aromatic carbocycles. The molecule has 0 saturated carbocycles. The minimum Gasteiger partial charge on any atom is -0.507 e. The first-order chi connectivity index (χ1) is 13.4. The summed E-state index contributed by atoms with van der Waals surface area (Å²) in [6.07, 6.45) is 0.335. The number of hydrogen-bond acceptors (Lipinski definition) is 6. The molecule has 0 spiro atoms. The number of carbonyl (C=O) groups excluding carboxylic acids is 3. The fourth-order valence-electron chi connectivity index (χ4n) is 3.23. The van der Waals surface area contributed by atoms with E-state index in [-0.39, 0.29) is 17.9 Å². The van der Waals surface area contributed by atoms with Crippen molar-refractivity contribution in [3.8, 4) is 5.75 Å². The zero-order valence-electron chi connectivity index (χ0n) is 15.7. The van der Waals surface area contributed by atoms with Gasteiger partial charge in [-0.05, 0) is 35.7 Å². The molecule has 0 saturated heterocycles. The van der Waals surface area contributed by atoms with Crippen LogP contribution in [-0.2, 0) is 32.0 Å². The number of carbonyl (C=O) groups is 3. The molecule has 0 fully saturated rings. The average Bonchev–Trinajstić information content (AvgIpc) is 2.70. The van der Waals surface area contributed by atoms with Crippen LogP contribution in [0.25, 0.3) is 0 Å². The Balaban J connectivity index is 1.72. The van der Waals surface area contributed by atoms with Crippen molar-refractivity contribution in [1.29, 1.82) is 0 Å². The van der Waals surface area contributed by atoms with E-state index in [1.165, 1.54) is 24.1 Å². The number of phenols is 1. The predicted molar refractivity (Wildman–Crippen MR) is 99.6 cm³/mol. The van der Waals surface area contributed by atoms with Crippen LogP contribution in [0.15, 0.2) is 42.5 Å². The van der Waals surface area contributed by atoms with Crippen molar-refractivity contribution in [3.05, 3.63) is 64.7 Å². The maximum absolute atomic E-state index is 12.7. The third-order valence-corrected chi connectivity index (χ3v) is 4.74. The second kappa shape index (κ2) is 8.12. The van der Waals surface area contributed by atoms with Crippen LogP contribution in [0, 0.1) is 6.92 Å². The normalized spacial score (nSPS) is 15.5. The molecule has 146 valence electrons. The fourth-order valence-corrected chi connectivity index (χ4v) is 3.23. The number of hydrogen-bond donors (Lipinski definition) is 1. The number of aromatic hydroxyl groups is 1. The monoisotopic (exact) mass is 383 g/mol. The third-order valence-electron chi connectivity index (χ3n) is 4.74. The van der Waals surface area contributed by atoms with Gasteiger partial charge in [0.25, 0.3) is 5.91 Å². The molecular weight excluding hydrogens is 362 g/mol. The van der Waals surface area contributed by atoms with Crippen LogP contribution in [0.3, 0.4) is 0 Å². The standard InChI is InChI=1S/C21H21NO6/c1-13-7-8-16(18(23)9-13)20(25)28-12-19(24)22-11-15-6-4-3-5-14(15)10-17(22)21(26)27-2/h3-9,17,23H,10-12H2,1-2H3/t17-/m1/s1. The Morgan fingerprint density at radius 1 is 1.14 bits per heavy atom. The topological polar surface area (TPSA) is 93.1 Å². The zero-order valence-corrected chi connectivity index (χ0v) is 15.7. The van der Waals surface area contributed by atoms with E-state index in [1.54, 1.807) is 13.0 Å². The molecule has 0 unspecified atom stereocenters. The van der Waals surface area contributed by atoms with Gasteiger partial charge < -0.3 is 19.5 Å². The molecule has 1 amide bonds. The van der Waals surface area contributed by atoms with Gasteiger partial charge in [-0.15, -0.1) is 0 Å². The lowest BCUT2D eigenvalue weighted by molar-refractivity contribution is -0.155. The molecular formula is C21H21NO6. The third kappa shape index (κ3) is 3.98. The van der Waals surface area contributed by atoms with Crippen molar-refractivity contribution < 1.29 is 29.0 Å². The number of fused-ring (bicyclic) bond motifs is 1. The van der Waals surface area contributed by atoms with E-state index in [9.17, 15) is 19.5 Å². The lowest BCUT2D eigenvalue weighted by Crippen LogP contribution is -2.50. The zero-order chi connectivity index (χ0) is 20.3. The summed E-state index contributed by atoms with van der Waals surface area (Å²) in [5, 5.41) is 9.87. The molecule has 1 heterocycles. The van der Waals surface area contributed by atoms with Gasteiger partial charge in [0.1, 0.15) is 17.4 Å². The van der Waals surface area contributed by atoms with E-state index < -0.39 is 30.5 Å². The van der Waals surface area contributed by atoms with Gasteiger partial charge in [0.2, 0.25) is 0 Å². The lowest BCUT2D eigenvalue weighted by Gasteiger charge is -2.35. The Hall–Kier alpha value is -3.35. The molecule has 1 aliphatic rings. The summed E-state index contributed by atoms with van der Waals surface area (Å²) in [4.78, 5) is 38.4. The summed E-state index contributed by atoms with van der Waals surface area (Å²) in [6.45, 7) is 1.46. The van der Waals surface area contributed by atoms with Gasteiger partial charge >= 0.3 is 11.9 Å². The highest BCUT2D eigenvalue weighted by atomic mass is 16.5. The molecule has 0 aromatic heterocycles. The number of methoxy groups -OCH3 is 1. The van der Waals surface area contributed by atoms with Crippen LogP contribution >= 0.6 is 0 Å². The second-order valence-corrected chi connectivity index (χ2v) is 6.63. The first-order valence-electron chi connectivity index (χ1n) is 8.81. The largest absolute Gasteiger partial charge is 0.507 e. The van der Waals surface area contributed by atoms with Gasteiger partial charge in [-0.1, -0.05) is 30.3 Å². The van der Waals surface area contributed by atoms with E-state index in [0.29, 0.717) is 6.42 Å². The SMILES string of the molecule is COC(=O)[C@H]1Cc2ccccc2CN1C(=O)COC(=O)c1ccc(C)cc1O. The Labute approximate surface area is 162 Å². The van der Waals surface area contributed by atoms with Crippen LogP contribution < -0.4 is 0 Å². The highest BCUT2D eigenvalue weighted by molar-refractivity contribution is 5.94. The van der Waals surface area contributed by atoms with Crippen LogP contribution in [0.4, 0.5) is 0 Å². The summed E-state index contributed by atoms with van der Waals surface area (Å²) < 4.78 is 9.90. The molecule has 28 heavy (non-hydrogen) atoms. The number of phenolic OH excluding ortho intramolecular Hbond substituents is 1. The number of nitrogens with zero attached hydrogens (tertiary/aromatic N) is 1. The number of benzene rings is 2. The predicted octanol–water partition coefficient (Wildman–Crippen LogP) is 1.98. The lowest BCUT2D eigenvalue weighted by atomic mass is 9.94. The van der Waals surface area contributed by atoms with Gasteiger partial charge in [0.15, 0.2) is 6.61 Å². The van der Waals surface area contributed by atoms with E-state index in [0.717, 1.165) is 16.7 Å². The average molecular weight is 383 g/mol. The van der Waals surface area contributed by atoms with Crippen LogP contribution in [-0.4, -0.2) is 47.6 Å². The molecule has 0 bridgehead atoms. The minimum absolute atomic E-state index is 0.0214. The smallest absolute Gasteiger partial charge is 0.342 e. The van der Waals surface area contributed by atoms with Crippen molar-refractivity contribution in [2.24, 2.45) is 0 Å². The molecule has 0 aliphatic carbocycles.